The molecule has 3 N–H and O–H groups in total. The van der Waals surface area contributed by atoms with E-state index >= 15 is 0 Å². The molecular formula is C22H23F3N6O3. The first-order valence-electron chi connectivity index (χ1n) is 10.3. The fraction of sp³-hybridized carbons (Fsp3) is 0.273. The number of rotatable bonds is 11. The summed E-state index contributed by atoms with van der Waals surface area (Å²) in [5.74, 6) is 0.215. The lowest BCUT2D eigenvalue weighted by molar-refractivity contribution is -0.276. The number of carbonyl (C=O) groups excluding carboxylic acids is 1. The van der Waals surface area contributed by atoms with E-state index in [4.69, 9.17) is 4.74 Å². The predicted molar refractivity (Wildman–Crippen MR) is 118 cm³/mol. The van der Waals surface area contributed by atoms with Crippen LogP contribution in [-0.4, -0.2) is 40.5 Å². The number of nitrogens with zero attached hydrogens (tertiary/aromatic N) is 3. The molecule has 0 aliphatic rings. The molecule has 0 spiro atoms. The van der Waals surface area contributed by atoms with Crippen LogP contribution in [0.1, 0.15) is 18.1 Å². The molecule has 0 saturated carbocycles. The molecule has 0 unspecified atom stereocenters. The lowest BCUT2D eigenvalue weighted by Crippen LogP contribution is -2.26. The number of hydrogen-bond donors (Lipinski definition) is 3. The van der Waals surface area contributed by atoms with Crippen LogP contribution in [0.25, 0.3) is 0 Å². The molecule has 0 bridgehead atoms. The molecule has 2 heterocycles. The zero-order valence-electron chi connectivity index (χ0n) is 18.2. The molecule has 180 valence electrons. The summed E-state index contributed by atoms with van der Waals surface area (Å²) in [5, 5.41) is 17.1. The van der Waals surface area contributed by atoms with Crippen LogP contribution in [0.3, 0.4) is 0 Å². The molecule has 0 fully saturated rings. The number of halogens is 3. The number of ether oxygens (including phenoxy) is 2. The highest BCUT2D eigenvalue weighted by Crippen LogP contribution is 2.21. The van der Waals surface area contributed by atoms with Crippen molar-refractivity contribution in [2.45, 2.75) is 26.4 Å². The summed E-state index contributed by atoms with van der Waals surface area (Å²) in [7, 11) is 0. The van der Waals surface area contributed by atoms with Crippen LogP contribution in [0, 0.1) is 0 Å². The zero-order valence-corrected chi connectivity index (χ0v) is 18.2. The van der Waals surface area contributed by atoms with E-state index in [1.54, 1.807) is 12.1 Å². The van der Waals surface area contributed by atoms with Gasteiger partial charge in [0.25, 0.3) is 0 Å². The number of amides is 1. The summed E-state index contributed by atoms with van der Waals surface area (Å²) < 4.78 is 45.7. The maximum absolute atomic E-state index is 12.2. The van der Waals surface area contributed by atoms with Gasteiger partial charge < -0.3 is 25.4 Å². The third-order valence-corrected chi connectivity index (χ3v) is 4.30. The van der Waals surface area contributed by atoms with Crippen molar-refractivity contribution in [1.82, 2.24) is 20.5 Å². The summed E-state index contributed by atoms with van der Waals surface area (Å²) in [5.41, 5.74) is 2.54. The molecule has 0 aliphatic heterocycles. The first kappa shape index (κ1) is 24.6. The maximum atomic E-state index is 12.2. The lowest BCUT2D eigenvalue weighted by atomic mass is 10.2. The second-order valence-corrected chi connectivity index (χ2v) is 7.06. The van der Waals surface area contributed by atoms with Crippen LogP contribution in [-0.2, 0) is 17.9 Å². The van der Waals surface area contributed by atoms with Gasteiger partial charge in [-0.25, -0.2) is 4.98 Å². The van der Waals surface area contributed by atoms with Crippen LogP contribution in [0.2, 0.25) is 0 Å². The van der Waals surface area contributed by atoms with E-state index in [-0.39, 0.29) is 18.4 Å². The number of carbonyl (C=O) groups is 1. The van der Waals surface area contributed by atoms with Gasteiger partial charge in [-0.15, -0.1) is 23.4 Å². The van der Waals surface area contributed by atoms with Gasteiger partial charge in [0, 0.05) is 56.1 Å². The topological polar surface area (TPSA) is 110 Å². The van der Waals surface area contributed by atoms with Crippen LogP contribution < -0.4 is 25.4 Å². The number of hydrogen-bond acceptors (Lipinski definition) is 8. The molecule has 1 aromatic carbocycles. The van der Waals surface area contributed by atoms with Crippen molar-refractivity contribution in [3.8, 4) is 11.8 Å². The van der Waals surface area contributed by atoms with Gasteiger partial charge in [0.15, 0.2) is 0 Å². The average molecular weight is 476 g/mol. The molecule has 12 heteroatoms. The number of nitrogens with one attached hydrogen (secondary N) is 3. The van der Waals surface area contributed by atoms with Gasteiger partial charge in [-0.3, -0.25) is 4.79 Å². The number of pyridine rings is 1. The number of benzene rings is 1. The van der Waals surface area contributed by atoms with Gasteiger partial charge in [-0.2, -0.15) is 0 Å². The van der Waals surface area contributed by atoms with Crippen molar-refractivity contribution in [1.29, 1.82) is 0 Å². The van der Waals surface area contributed by atoms with Crippen molar-refractivity contribution in [2.75, 3.05) is 23.7 Å². The van der Waals surface area contributed by atoms with Crippen LogP contribution in [0.5, 0.6) is 11.8 Å². The number of aromatic nitrogens is 3. The first-order valence-corrected chi connectivity index (χ1v) is 10.3. The van der Waals surface area contributed by atoms with Gasteiger partial charge in [0.05, 0.1) is 0 Å². The van der Waals surface area contributed by atoms with E-state index in [2.05, 4.69) is 35.9 Å². The molecule has 1 amide bonds. The minimum Gasteiger partial charge on any atom is -0.472 e. The minimum absolute atomic E-state index is 0.0589. The Kier molecular flexibility index (Phi) is 8.43. The Hall–Kier alpha value is -4.09. The smallest absolute Gasteiger partial charge is 0.472 e. The standard InChI is InChI=1S/C22H23F3N6O3/c1-15(32)26-10-11-27-18-5-2-16(3-6-18)12-28-19-7-9-21(31-30-19)33-14-17-4-8-20(29-13-17)34-22(23,24)25/h2-9,13,27H,10-12,14H2,1H3,(H,26,32)(H,28,30). The molecule has 2 aromatic heterocycles. The SMILES string of the molecule is CC(=O)NCCNc1ccc(CNc2ccc(OCc3ccc(OC(F)(F)F)nc3)nn2)cc1. The van der Waals surface area contributed by atoms with Crippen molar-refractivity contribution < 1.29 is 27.4 Å². The highest BCUT2D eigenvalue weighted by atomic mass is 19.4. The quantitative estimate of drug-likeness (QED) is 0.361. The fourth-order valence-corrected chi connectivity index (χ4v) is 2.70. The Bertz CT molecular complexity index is 1050. The Morgan fingerprint density at radius 2 is 1.65 bits per heavy atom. The van der Waals surface area contributed by atoms with Crippen molar-refractivity contribution in [2.24, 2.45) is 0 Å². The summed E-state index contributed by atoms with van der Waals surface area (Å²) >= 11 is 0. The number of anilines is 2. The van der Waals surface area contributed by atoms with E-state index in [0.29, 0.717) is 31.0 Å². The van der Waals surface area contributed by atoms with Gasteiger partial charge >= 0.3 is 6.36 Å². The van der Waals surface area contributed by atoms with Crippen molar-refractivity contribution in [3.05, 3.63) is 65.9 Å². The monoisotopic (exact) mass is 476 g/mol. The molecule has 3 rings (SSSR count). The third-order valence-electron chi connectivity index (χ3n) is 4.30. The Morgan fingerprint density at radius 3 is 2.26 bits per heavy atom. The van der Waals surface area contributed by atoms with Crippen LogP contribution in [0.15, 0.2) is 54.7 Å². The highest BCUT2D eigenvalue weighted by molar-refractivity contribution is 5.72. The Balaban J connectivity index is 1.40. The van der Waals surface area contributed by atoms with E-state index in [9.17, 15) is 18.0 Å². The zero-order chi connectivity index (χ0) is 24.4. The molecule has 34 heavy (non-hydrogen) atoms. The maximum Gasteiger partial charge on any atom is 0.574 e. The van der Waals surface area contributed by atoms with Crippen LogP contribution >= 0.6 is 0 Å². The summed E-state index contributed by atoms with van der Waals surface area (Å²) in [4.78, 5) is 14.4. The van der Waals surface area contributed by atoms with E-state index < -0.39 is 12.2 Å². The van der Waals surface area contributed by atoms with Gasteiger partial charge in [0.1, 0.15) is 12.4 Å². The molecule has 0 radical (unpaired) electrons. The Morgan fingerprint density at radius 1 is 0.912 bits per heavy atom. The van der Waals surface area contributed by atoms with E-state index in [0.717, 1.165) is 17.3 Å². The second-order valence-electron chi connectivity index (χ2n) is 7.06. The van der Waals surface area contributed by atoms with Crippen molar-refractivity contribution in [3.63, 3.8) is 0 Å². The van der Waals surface area contributed by atoms with Crippen molar-refractivity contribution >= 4 is 17.4 Å². The fourth-order valence-electron chi connectivity index (χ4n) is 2.70. The average Bonchev–Trinajstić information content (AvgIpc) is 2.80. The molecule has 9 nitrogen and oxygen atoms in total. The molecule has 0 aliphatic carbocycles. The summed E-state index contributed by atoms with van der Waals surface area (Å²) in [6.07, 6.45) is -3.55. The third kappa shape index (κ3) is 8.81. The molecular weight excluding hydrogens is 453 g/mol. The predicted octanol–water partition coefficient (Wildman–Crippen LogP) is 3.51. The normalized spacial score (nSPS) is 10.9. The summed E-state index contributed by atoms with van der Waals surface area (Å²) in [6, 6.07) is 13.7. The molecule has 3 aromatic rings. The van der Waals surface area contributed by atoms with E-state index in [1.165, 1.54) is 19.2 Å². The van der Waals surface area contributed by atoms with Gasteiger partial charge in [-0.1, -0.05) is 12.1 Å². The first-order chi connectivity index (χ1) is 16.3. The van der Waals surface area contributed by atoms with Gasteiger partial charge in [-0.05, 0) is 29.8 Å². The lowest BCUT2D eigenvalue weighted by Gasteiger charge is -2.10. The molecule has 0 saturated heterocycles. The molecule has 0 atom stereocenters. The number of alkyl halides is 3. The second kappa shape index (κ2) is 11.7. The Labute approximate surface area is 193 Å². The largest absolute Gasteiger partial charge is 0.574 e. The highest BCUT2D eigenvalue weighted by Gasteiger charge is 2.31. The van der Waals surface area contributed by atoms with Crippen LogP contribution in [0.4, 0.5) is 24.7 Å². The van der Waals surface area contributed by atoms with E-state index in [1.807, 2.05) is 24.3 Å². The van der Waals surface area contributed by atoms with Gasteiger partial charge in [0.2, 0.25) is 17.7 Å². The summed E-state index contributed by atoms with van der Waals surface area (Å²) in [6.45, 7) is 3.27. The minimum atomic E-state index is -4.79.